The summed E-state index contributed by atoms with van der Waals surface area (Å²) in [5.41, 5.74) is 0. The van der Waals surface area contributed by atoms with Crippen molar-refractivity contribution in [3.63, 3.8) is 0 Å². The van der Waals surface area contributed by atoms with Gasteiger partial charge in [-0.25, -0.2) is 4.98 Å². The molecule has 0 bridgehead atoms. The number of hydrogen-bond acceptors (Lipinski definition) is 3. The van der Waals surface area contributed by atoms with E-state index in [1.807, 2.05) is 6.92 Å². The zero-order valence-corrected chi connectivity index (χ0v) is 6.45. The molecule has 0 radical (unpaired) electrons. The molecule has 4 nitrogen and oxygen atoms in total. The van der Waals surface area contributed by atoms with Gasteiger partial charge in [-0.3, -0.25) is 0 Å². The minimum Gasteiger partial charge on any atom is -0.383 e. The second-order valence-electron chi connectivity index (χ2n) is 2.15. The zero-order chi connectivity index (χ0) is 8.10. The Morgan fingerprint density at radius 2 is 2.64 bits per heavy atom. The summed E-state index contributed by atoms with van der Waals surface area (Å²) in [4.78, 5) is 6.69. The summed E-state index contributed by atoms with van der Waals surface area (Å²) in [6.07, 6.45) is 2.64. The third-order valence-corrected chi connectivity index (χ3v) is 1.31. The van der Waals surface area contributed by atoms with E-state index in [2.05, 4.69) is 9.97 Å². The first-order valence-electron chi connectivity index (χ1n) is 3.59. The number of aromatic nitrogens is 2. The van der Waals surface area contributed by atoms with E-state index < -0.39 is 6.10 Å². The Morgan fingerprint density at radius 1 is 1.82 bits per heavy atom. The number of aliphatic hydroxyl groups excluding tert-OH is 1. The molecule has 0 aliphatic heterocycles. The number of aliphatic hydroxyl groups is 1. The molecule has 2 N–H and O–H groups in total. The van der Waals surface area contributed by atoms with Gasteiger partial charge in [0, 0.05) is 19.0 Å². The summed E-state index contributed by atoms with van der Waals surface area (Å²) < 4.78 is 5.01. The number of imidazole rings is 1. The summed E-state index contributed by atoms with van der Waals surface area (Å²) in [5.74, 6) is 0.554. The summed E-state index contributed by atoms with van der Waals surface area (Å²) in [6, 6.07) is 0. The van der Waals surface area contributed by atoms with Gasteiger partial charge in [-0.2, -0.15) is 0 Å². The van der Waals surface area contributed by atoms with Crippen LogP contribution >= 0.6 is 0 Å². The van der Waals surface area contributed by atoms with E-state index in [0.29, 0.717) is 19.0 Å². The van der Waals surface area contributed by atoms with Crippen LogP contribution in [0.5, 0.6) is 0 Å². The Morgan fingerprint density at radius 3 is 3.18 bits per heavy atom. The number of hydrogen-bond donors (Lipinski definition) is 2. The molecule has 0 spiro atoms. The molecule has 0 saturated carbocycles. The van der Waals surface area contributed by atoms with Gasteiger partial charge in [-0.05, 0) is 6.92 Å². The van der Waals surface area contributed by atoms with Gasteiger partial charge >= 0.3 is 0 Å². The van der Waals surface area contributed by atoms with Gasteiger partial charge in [0.05, 0.1) is 6.61 Å². The van der Waals surface area contributed by atoms with Crippen molar-refractivity contribution in [1.82, 2.24) is 9.97 Å². The van der Waals surface area contributed by atoms with E-state index >= 15 is 0 Å². The summed E-state index contributed by atoms with van der Waals surface area (Å²) in [7, 11) is 0. The van der Waals surface area contributed by atoms with Gasteiger partial charge in [-0.15, -0.1) is 0 Å². The fraction of sp³-hybridized carbons (Fsp3) is 0.571. The molecule has 62 valence electrons. The first kappa shape index (κ1) is 8.23. The van der Waals surface area contributed by atoms with Gasteiger partial charge in [-0.1, -0.05) is 0 Å². The number of H-pyrrole nitrogens is 1. The van der Waals surface area contributed by atoms with Crippen molar-refractivity contribution in [3.8, 4) is 0 Å². The van der Waals surface area contributed by atoms with Crippen molar-refractivity contribution in [2.45, 2.75) is 13.0 Å². The maximum Gasteiger partial charge on any atom is 0.137 e. The van der Waals surface area contributed by atoms with Crippen LogP contribution in [0.1, 0.15) is 18.9 Å². The van der Waals surface area contributed by atoms with Crippen LogP contribution in [0.2, 0.25) is 0 Å². The van der Waals surface area contributed by atoms with Crippen LogP contribution in [0.4, 0.5) is 0 Å². The Labute approximate surface area is 65.2 Å². The van der Waals surface area contributed by atoms with Crippen LogP contribution in [0.25, 0.3) is 0 Å². The van der Waals surface area contributed by atoms with E-state index in [1.165, 1.54) is 0 Å². The van der Waals surface area contributed by atoms with E-state index in [0.717, 1.165) is 0 Å². The van der Waals surface area contributed by atoms with Crippen molar-refractivity contribution in [1.29, 1.82) is 0 Å². The number of aromatic amines is 1. The van der Waals surface area contributed by atoms with Crippen molar-refractivity contribution < 1.29 is 9.84 Å². The van der Waals surface area contributed by atoms with Crippen LogP contribution in [0, 0.1) is 0 Å². The van der Waals surface area contributed by atoms with Gasteiger partial charge < -0.3 is 14.8 Å². The molecule has 0 saturated heterocycles. The average Bonchev–Trinajstić information content (AvgIpc) is 2.52. The van der Waals surface area contributed by atoms with E-state index in [9.17, 15) is 5.11 Å². The summed E-state index contributed by atoms with van der Waals surface area (Å²) in [6.45, 7) is 2.79. The normalized spacial score (nSPS) is 13.3. The Bertz CT molecular complexity index is 186. The average molecular weight is 156 g/mol. The first-order chi connectivity index (χ1) is 5.34. The van der Waals surface area contributed by atoms with Crippen LogP contribution in [-0.4, -0.2) is 28.3 Å². The SMILES string of the molecule is CCOCC(O)c1ncc[nH]1. The number of nitrogens with one attached hydrogen (secondary N) is 1. The molecule has 0 amide bonds. The molecular weight excluding hydrogens is 144 g/mol. The standard InChI is InChI=1S/C7H12N2O2/c1-2-11-5-6(10)7-8-3-4-9-7/h3-4,6,10H,2,5H2,1H3,(H,8,9). The van der Waals surface area contributed by atoms with Crippen molar-refractivity contribution in [3.05, 3.63) is 18.2 Å². The fourth-order valence-corrected chi connectivity index (χ4v) is 0.768. The molecule has 11 heavy (non-hydrogen) atoms. The van der Waals surface area contributed by atoms with Crippen LogP contribution < -0.4 is 0 Å². The summed E-state index contributed by atoms with van der Waals surface area (Å²) >= 11 is 0. The zero-order valence-electron chi connectivity index (χ0n) is 6.45. The second-order valence-corrected chi connectivity index (χ2v) is 2.15. The lowest BCUT2D eigenvalue weighted by Crippen LogP contribution is -2.08. The Kier molecular flexibility index (Phi) is 3.07. The Balaban J connectivity index is 2.36. The van der Waals surface area contributed by atoms with E-state index in [4.69, 9.17) is 4.74 Å². The molecule has 0 aliphatic carbocycles. The van der Waals surface area contributed by atoms with Gasteiger partial charge in [0.15, 0.2) is 0 Å². The maximum atomic E-state index is 9.32. The molecule has 1 heterocycles. The largest absolute Gasteiger partial charge is 0.383 e. The highest BCUT2D eigenvalue weighted by atomic mass is 16.5. The molecule has 1 aromatic heterocycles. The Hall–Kier alpha value is -0.870. The molecule has 1 rings (SSSR count). The topological polar surface area (TPSA) is 58.1 Å². The van der Waals surface area contributed by atoms with Crippen molar-refractivity contribution in [2.24, 2.45) is 0 Å². The van der Waals surface area contributed by atoms with Crippen LogP contribution in [0.3, 0.4) is 0 Å². The van der Waals surface area contributed by atoms with Crippen molar-refractivity contribution in [2.75, 3.05) is 13.2 Å². The quantitative estimate of drug-likeness (QED) is 0.666. The number of nitrogens with zero attached hydrogens (tertiary/aromatic N) is 1. The highest BCUT2D eigenvalue weighted by Gasteiger charge is 2.08. The van der Waals surface area contributed by atoms with E-state index in [-0.39, 0.29) is 0 Å². The monoisotopic (exact) mass is 156 g/mol. The van der Waals surface area contributed by atoms with Gasteiger partial charge in [0.2, 0.25) is 0 Å². The molecule has 1 aromatic rings. The lowest BCUT2D eigenvalue weighted by atomic mass is 10.4. The smallest absolute Gasteiger partial charge is 0.137 e. The maximum absolute atomic E-state index is 9.32. The summed E-state index contributed by atoms with van der Waals surface area (Å²) in [5, 5.41) is 9.32. The van der Waals surface area contributed by atoms with Crippen LogP contribution in [0.15, 0.2) is 12.4 Å². The minimum absolute atomic E-state index is 0.296. The molecule has 1 unspecified atom stereocenters. The third kappa shape index (κ3) is 2.32. The highest BCUT2D eigenvalue weighted by molar-refractivity contribution is 4.91. The second kappa shape index (κ2) is 4.10. The van der Waals surface area contributed by atoms with Crippen LogP contribution in [-0.2, 0) is 4.74 Å². The molecule has 4 heteroatoms. The lowest BCUT2D eigenvalue weighted by molar-refractivity contribution is 0.0377. The van der Waals surface area contributed by atoms with Gasteiger partial charge in [0.25, 0.3) is 0 Å². The molecule has 1 atom stereocenters. The molecule has 0 aliphatic rings. The first-order valence-corrected chi connectivity index (χ1v) is 3.59. The highest BCUT2D eigenvalue weighted by Crippen LogP contribution is 2.05. The van der Waals surface area contributed by atoms with Crippen molar-refractivity contribution >= 4 is 0 Å². The van der Waals surface area contributed by atoms with E-state index in [1.54, 1.807) is 12.4 Å². The fourth-order valence-electron chi connectivity index (χ4n) is 0.768. The predicted molar refractivity (Wildman–Crippen MR) is 40.0 cm³/mol. The molecular formula is C7H12N2O2. The molecule has 0 fully saturated rings. The molecule has 0 aromatic carbocycles. The number of rotatable bonds is 4. The third-order valence-electron chi connectivity index (χ3n) is 1.31. The van der Waals surface area contributed by atoms with Gasteiger partial charge in [0.1, 0.15) is 11.9 Å². The predicted octanol–water partition coefficient (Wildman–Crippen LogP) is 0.480. The number of ether oxygens (including phenoxy) is 1. The minimum atomic E-state index is -0.634. The lowest BCUT2D eigenvalue weighted by Gasteiger charge is -2.06.